The molecule has 2 rings (SSSR count). The highest BCUT2D eigenvalue weighted by atomic mass is 16.3. The number of hydrogen-bond acceptors (Lipinski definition) is 3. The predicted octanol–water partition coefficient (Wildman–Crippen LogP) is 2.58. The molecule has 1 aromatic rings. The number of benzene rings is 1. The van der Waals surface area contributed by atoms with Crippen molar-refractivity contribution in [1.29, 1.82) is 0 Å². The van der Waals surface area contributed by atoms with E-state index in [1.807, 2.05) is 32.0 Å². The van der Waals surface area contributed by atoms with Crippen molar-refractivity contribution in [3.63, 3.8) is 0 Å². The fourth-order valence-electron chi connectivity index (χ4n) is 3.04. The Kier molecular flexibility index (Phi) is 5.32. The molecule has 1 heterocycles. The second-order valence-electron chi connectivity index (χ2n) is 6.00. The van der Waals surface area contributed by atoms with E-state index in [4.69, 9.17) is 5.11 Å². The molecule has 1 aliphatic rings. The van der Waals surface area contributed by atoms with Crippen LogP contribution in [0.5, 0.6) is 0 Å². The first-order chi connectivity index (χ1) is 9.60. The molecule has 1 fully saturated rings. The number of rotatable bonds is 5. The summed E-state index contributed by atoms with van der Waals surface area (Å²) in [6.45, 7) is 6.72. The van der Waals surface area contributed by atoms with Gasteiger partial charge in [0, 0.05) is 18.7 Å². The highest BCUT2D eigenvalue weighted by molar-refractivity contribution is 5.99. The zero-order valence-electron chi connectivity index (χ0n) is 12.6. The second-order valence-corrected chi connectivity index (χ2v) is 6.00. The molecule has 0 aliphatic carbocycles. The summed E-state index contributed by atoms with van der Waals surface area (Å²) in [5, 5.41) is 9.05. The smallest absolute Gasteiger partial charge is 0.177 e. The molecule has 0 radical (unpaired) electrons. The third-order valence-corrected chi connectivity index (χ3v) is 4.20. The number of nitrogens with zero attached hydrogens (tertiary/aromatic N) is 1. The number of likely N-dealkylation sites (tertiary alicyclic amines) is 1. The quantitative estimate of drug-likeness (QED) is 0.840. The third-order valence-electron chi connectivity index (χ3n) is 4.20. The van der Waals surface area contributed by atoms with Crippen LogP contribution in [0, 0.1) is 19.8 Å². The monoisotopic (exact) mass is 275 g/mol. The van der Waals surface area contributed by atoms with Crippen LogP contribution in [0.1, 0.15) is 40.7 Å². The molecule has 1 N–H and O–H groups in total. The summed E-state index contributed by atoms with van der Waals surface area (Å²) in [4.78, 5) is 14.7. The molecule has 1 unspecified atom stereocenters. The Hall–Kier alpha value is -1.19. The summed E-state index contributed by atoms with van der Waals surface area (Å²) in [6, 6.07) is 6.06. The summed E-state index contributed by atoms with van der Waals surface area (Å²) >= 11 is 0. The van der Waals surface area contributed by atoms with Crippen LogP contribution in [-0.2, 0) is 0 Å². The highest BCUT2D eigenvalue weighted by Crippen LogP contribution is 2.20. The molecule has 1 aromatic carbocycles. The Morgan fingerprint density at radius 2 is 2.20 bits per heavy atom. The Morgan fingerprint density at radius 3 is 2.95 bits per heavy atom. The van der Waals surface area contributed by atoms with Crippen LogP contribution in [0.3, 0.4) is 0 Å². The van der Waals surface area contributed by atoms with E-state index in [2.05, 4.69) is 4.90 Å². The van der Waals surface area contributed by atoms with E-state index in [1.54, 1.807) is 0 Å². The largest absolute Gasteiger partial charge is 0.396 e. The van der Waals surface area contributed by atoms with Gasteiger partial charge in [0.15, 0.2) is 5.78 Å². The third kappa shape index (κ3) is 3.90. The van der Waals surface area contributed by atoms with E-state index in [9.17, 15) is 4.79 Å². The summed E-state index contributed by atoms with van der Waals surface area (Å²) in [5.41, 5.74) is 3.05. The maximum Gasteiger partial charge on any atom is 0.177 e. The molecular weight excluding hydrogens is 250 g/mol. The number of aryl methyl sites for hydroxylation is 2. The van der Waals surface area contributed by atoms with Gasteiger partial charge in [-0.1, -0.05) is 17.7 Å². The lowest BCUT2D eigenvalue weighted by Crippen LogP contribution is -2.39. The number of carbonyl (C=O) groups is 1. The van der Waals surface area contributed by atoms with Gasteiger partial charge in [0.05, 0.1) is 6.54 Å². The molecule has 20 heavy (non-hydrogen) atoms. The number of ketones is 1. The molecular formula is C17H25NO2. The maximum atomic E-state index is 12.5. The molecule has 3 heteroatoms. The van der Waals surface area contributed by atoms with Crippen LogP contribution in [0.25, 0.3) is 0 Å². The van der Waals surface area contributed by atoms with Gasteiger partial charge in [-0.3, -0.25) is 9.69 Å². The fraction of sp³-hybridized carbons (Fsp3) is 0.588. The van der Waals surface area contributed by atoms with Crippen LogP contribution in [0.4, 0.5) is 0 Å². The van der Waals surface area contributed by atoms with Crippen molar-refractivity contribution in [1.82, 2.24) is 4.90 Å². The number of carbonyl (C=O) groups excluding carboxylic acids is 1. The van der Waals surface area contributed by atoms with E-state index in [1.165, 1.54) is 6.42 Å². The van der Waals surface area contributed by atoms with Crippen molar-refractivity contribution in [3.05, 3.63) is 34.9 Å². The summed E-state index contributed by atoms with van der Waals surface area (Å²) in [5.74, 6) is 0.760. The number of Topliss-reactive ketones (excluding diaryl/α,β-unsaturated/α-hetero) is 1. The molecule has 1 atom stereocenters. The van der Waals surface area contributed by atoms with Crippen LogP contribution in [-0.4, -0.2) is 42.0 Å². The van der Waals surface area contributed by atoms with Crippen LogP contribution in [0.2, 0.25) is 0 Å². The van der Waals surface area contributed by atoms with Crippen LogP contribution in [0.15, 0.2) is 18.2 Å². The van der Waals surface area contributed by atoms with Gasteiger partial charge in [-0.2, -0.15) is 0 Å². The van der Waals surface area contributed by atoms with Crippen molar-refractivity contribution in [2.75, 3.05) is 26.2 Å². The fourth-order valence-corrected chi connectivity index (χ4v) is 3.04. The van der Waals surface area contributed by atoms with Gasteiger partial charge in [0.1, 0.15) is 0 Å². The lowest BCUT2D eigenvalue weighted by Gasteiger charge is -2.32. The van der Waals surface area contributed by atoms with Gasteiger partial charge in [0.25, 0.3) is 0 Å². The van der Waals surface area contributed by atoms with E-state index >= 15 is 0 Å². The van der Waals surface area contributed by atoms with E-state index < -0.39 is 0 Å². The molecule has 3 nitrogen and oxygen atoms in total. The van der Waals surface area contributed by atoms with Crippen LogP contribution >= 0.6 is 0 Å². The van der Waals surface area contributed by atoms with Crippen molar-refractivity contribution in [2.45, 2.75) is 33.1 Å². The van der Waals surface area contributed by atoms with Gasteiger partial charge >= 0.3 is 0 Å². The second kappa shape index (κ2) is 7.00. The molecule has 0 spiro atoms. The van der Waals surface area contributed by atoms with Crippen molar-refractivity contribution >= 4 is 5.78 Å². The standard InChI is InChI=1S/C17H25NO2/c1-13-5-6-14(2)16(10-13)17(20)12-18-8-3-4-15(11-18)7-9-19/h5-6,10,15,19H,3-4,7-9,11-12H2,1-2H3. The minimum atomic E-state index is 0.218. The first-order valence-corrected chi connectivity index (χ1v) is 7.54. The molecule has 1 saturated heterocycles. The maximum absolute atomic E-state index is 12.5. The van der Waals surface area contributed by atoms with Crippen molar-refractivity contribution in [2.24, 2.45) is 5.92 Å². The highest BCUT2D eigenvalue weighted by Gasteiger charge is 2.22. The number of piperidine rings is 1. The average molecular weight is 275 g/mol. The average Bonchev–Trinajstić information content (AvgIpc) is 2.42. The Bertz CT molecular complexity index is 468. The predicted molar refractivity (Wildman–Crippen MR) is 81.1 cm³/mol. The van der Waals surface area contributed by atoms with Crippen molar-refractivity contribution in [3.8, 4) is 0 Å². The Morgan fingerprint density at radius 1 is 1.40 bits per heavy atom. The molecule has 110 valence electrons. The van der Waals surface area contributed by atoms with Gasteiger partial charge in [-0.15, -0.1) is 0 Å². The van der Waals surface area contributed by atoms with Crippen molar-refractivity contribution < 1.29 is 9.90 Å². The van der Waals surface area contributed by atoms with Gasteiger partial charge < -0.3 is 5.11 Å². The number of aliphatic hydroxyl groups excluding tert-OH is 1. The van der Waals surface area contributed by atoms with Gasteiger partial charge in [-0.05, 0) is 57.2 Å². The first kappa shape index (κ1) is 15.2. The van der Waals surface area contributed by atoms with E-state index in [0.717, 1.165) is 42.6 Å². The van der Waals surface area contributed by atoms with Crippen LogP contribution < -0.4 is 0 Å². The van der Waals surface area contributed by atoms with Gasteiger partial charge in [-0.25, -0.2) is 0 Å². The lowest BCUT2D eigenvalue weighted by atomic mass is 9.94. The normalized spacial score (nSPS) is 20.1. The van der Waals surface area contributed by atoms with Gasteiger partial charge in [0.2, 0.25) is 0 Å². The molecule has 0 saturated carbocycles. The zero-order chi connectivity index (χ0) is 14.5. The number of aliphatic hydroxyl groups is 1. The van der Waals surface area contributed by atoms with E-state index in [0.29, 0.717) is 12.5 Å². The summed E-state index contributed by atoms with van der Waals surface area (Å²) in [7, 11) is 0. The van der Waals surface area contributed by atoms with E-state index in [-0.39, 0.29) is 12.4 Å². The Balaban J connectivity index is 1.98. The molecule has 0 bridgehead atoms. The minimum Gasteiger partial charge on any atom is -0.396 e. The lowest BCUT2D eigenvalue weighted by molar-refractivity contribution is 0.0871. The topological polar surface area (TPSA) is 40.5 Å². The zero-order valence-corrected chi connectivity index (χ0v) is 12.6. The first-order valence-electron chi connectivity index (χ1n) is 7.54. The minimum absolute atomic E-state index is 0.218. The molecule has 0 amide bonds. The number of hydrogen-bond donors (Lipinski definition) is 1. The molecule has 0 aromatic heterocycles. The summed E-state index contributed by atoms with van der Waals surface area (Å²) in [6.07, 6.45) is 3.16. The Labute approximate surface area is 121 Å². The molecule has 1 aliphatic heterocycles. The SMILES string of the molecule is Cc1ccc(C)c(C(=O)CN2CCCC(CCO)C2)c1. The summed E-state index contributed by atoms with van der Waals surface area (Å²) < 4.78 is 0.